The summed E-state index contributed by atoms with van der Waals surface area (Å²) < 4.78 is 1.04. The van der Waals surface area contributed by atoms with Crippen LogP contribution in [0.2, 0.25) is 0 Å². The van der Waals surface area contributed by atoms with Gasteiger partial charge in [-0.05, 0) is 40.7 Å². The van der Waals surface area contributed by atoms with Crippen LogP contribution >= 0.6 is 27.7 Å². The predicted octanol–water partition coefficient (Wildman–Crippen LogP) is 2.69. The first kappa shape index (κ1) is 12.0. The number of thioether (sulfide) groups is 1. The minimum absolute atomic E-state index is 0.545. The highest BCUT2D eigenvalue weighted by atomic mass is 79.9. The predicted molar refractivity (Wildman–Crippen MR) is 66.6 cm³/mol. The lowest BCUT2D eigenvalue weighted by Gasteiger charge is -2.11. The molecular formula is C10H15BrN2S. The van der Waals surface area contributed by atoms with Gasteiger partial charge >= 0.3 is 0 Å². The Morgan fingerprint density at radius 2 is 2.36 bits per heavy atom. The van der Waals surface area contributed by atoms with Crippen LogP contribution in [0, 0.1) is 0 Å². The second-order valence-electron chi connectivity index (χ2n) is 3.25. The quantitative estimate of drug-likeness (QED) is 0.894. The monoisotopic (exact) mass is 274 g/mol. The van der Waals surface area contributed by atoms with Gasteiger partial charge in [0.25, 0.3) is 0 Å². The Morgan fingerprint density at radius 3 is 3.00 bits per heavy atom. The maximum Gasteiger partial charge on any atom is 0.0410 e. The van der Waals surface area contributed by atoms with Gasteiger partial charge in [0.1, 0.15) is 0 Å². The minimum Gasteiger partial charge on any atom is -0.309 e. The summed E-state index contributed by atoms with van der Waals surface area (Å²) in [7, 11) is 0. The number of nitrogens with one attached hydrogen (secondary N) is 1. The molecule has 1 heterocycles. The molecule has 4 heteroatoms. The van der Waals surface area contributed by atoms with E-state index in [1.165, 1.54) is 5.56 Å². The molecule has 1 N–H and O–H groups in total. The molecule has 0 fully saturated rings. The molecule has 0 aliphatic heterocycles. The summed E-state index contributed by atoms with van der Waals surface area (Å²) in [6, 6.07) is 2.63. The lowest BCUT2D eigenvalue weighted by atomic mass is 10.2. The Hall–Kier alpha value is -0.0600. The standard InChI is InChI=1S/C10H15BrN2S/c1-8(7-14-2)13-5-9-3-10(11)6-12-4-9/h3-4,6,8,13H,5,7H2,1-2H3. The fourth-order valence-electron chi connectivity index (χ4n) is 1.15. The van der Waals surface area contributed by atoms with E-state index in [2.05, 4.69) is 45.5 Å². The molecule has 0 aromatic carbocycles. The number of halogens is 1. The normalized spacial score (nSPS) is 12.8. The third-order valence-electron chi connectivity index (χ3n) is 1.83. The second kappa shape index (κ2) is 6.43. The molecule has 1 aromatic rings. The van der Waals surface area contributed by atoms with E-state index in [-0.39, 0.29) is 0 Å². The molecule has 14 heavy (non-hydrogen) atoms. The molecule has 1 aromatic heterocycles. The van der Waals surface area contributed by atoms with E-state index in [0.29, 0.717) is 6.04 Å². The highest BCUT2D eigenvalue weighted by molar-refractivity contribution is 9.10. The summed E-state index contributed by atoms with van der Waals surface area (Å²) in [5, 5.41) is 3.45. The Bertz CT molecular complexity index is 281. The van der Waals surface area contributed by atoms with Gasteiger partial charge in [0, 0.05) is 35.2 Å². The summed E-state index contributed by atoms with van der Waals surface area (Å²) in [5.74, 6) is 1.14. The van der Waals surface area contributed by atoms with Gasteiger partial charge in [0.05, 0.1) is 0 Å². The average Bonchev–Trinajstić information content (AvgIpc) is 2.15. The number of rotatable bonds is 5. The smallest absolute Gasteiger partial charge is 0.0410 e. The van der Waals surface area contributed by atoms with Crippen LogP contribution in [0.1, 0.15) is 12.5 Å². The highest BCUT2D eigenvalue weighted by Gasteiger charge is 2.00. The molecule has 0 saturated carbocycles. The van der Waals surface area contributed by atoms with Gasteiger partial charge in [0.15, 0.2) is 0 Å². The number of pyridine rings is 1. The first-order valence-corrected chi connectivity index (χ1v) is 6.73. The summed E-state index contributed by atoms with van der Waals surface area (Å²) in [5.41, 5.74) is 1.22. The molecule has 0 amide bonds. The molecule has 0 aliphatic rings. The third-order valence-corrected chi connectivity index (χ3v) is 3.10. The van der Waals surface area contributed by atoms with Crippen LogP contribution in [-0.2, 0) is 6.54 Å². The Kier molecular flexibility index (Phi) is 5.52. The van der Waals surface area contributed by atoms with E-state index in [1.54, 1.807) is 6.20 Å². The largest absolute Gasteiger partial charge is 0.309 e. The van der Waals surface area contributed by atoms with Crippen molar-refractivity contribution in [1.82, 2.24) is 10.3 Å². The van der Waals surface area contributed by atoms with Gasteiger partial charge < -0.3 is 5.32 Å². The van der Waals surface area contributed by atoms with Crippen LogP contribution in [-0.4, -0.2) is 23.0 Å². The Balaban J connectivity index is 2.37. The molecule has 1 rings (SSSR count). The van der Waals surface area contributed by atoms with Gasteiger partial charge in [-0.3, -0.25) is 4.98 Å². The first-order chi connectivity index (χ1) is 6.72. The van der Waals surface area contributed by atoms with E-state index < -0.39 is 0 Å². The Morgan fingerprint density at radius 1 is 1.57 bits per heavy atom. The lowest BCUT2D eigenvalue weighted by molar-refractivity contribution is 0.595. The van der Waals surface area contributed by atoms with E-state index in [9.17, 15) is 0 Å². The average molecular weight is 275 g/mol. The summed E-state index contributed by atoms with van der Waals surface area (Å²) in [4.78, 5) is 4.12. The molecule has 0 radical (unpaired) electrons. The number of nitrogens with zero attached hydrogens (tertiary/aromatic N) is 1. The van der Waals surface area contributed by atoms with Crippen LogP contribution < -0.4 is 5.32 Å². The van der Waals surface area contributed by atoms with Crippen molar-refractivity contribution in [3.63, 3.8) is 0 Å². The van der Waals surface area contributed by atoms with Crippen molar-refractivity contribution in [3.05, 3.63) is 28.5 Å². The van der Waals surface area contributed by atoms with Crippen LogP contribution in [0.5, 0.6) is 0 Å². The van der Waals surface area contributed by atoms with Crippen LogP contribution in [0.3, 0.4) is 0 Å². The van der Waals surface area contributed by atoms with Crippen LogP contribution in [0.25, 0.3) is 0 Å². The minimum atomic E-state index is 0.545. The lowest BCUT2D eigenvalue weighted by Crippen LogP contribution is -2.27. The topological polar surface area (TPSA) is 24.9 Å². The van der Waals surface area contributed by atoms with Crippen LogP contribution in [0.4, 0.5) is 0 Å². The van der Waals surface area contributed by atoms with E-state index in [4.69, 9.17) is 0 Å². The zero-order valence-electron chi connectivity index (χ0n) is 8.46. The van der Waals surface area contributed by atoms with Gasteiger partial charge in [-0.15, -0.1) is 0 Å². The van der Waals surface area contributed by atoms with Crippen molar-refractivity contribution < 1.29 is 0 Å². The zero-order chi connectivity index (χ0) is 10.4. The Labute approximate surface area is 98.0 Å². The first-order valence-electron chi connectivity index (χ1n) is 4.54. The molecule has 0 bridgehead atoms. The highest BCUT2D eigenvalue weighted by Crippen LogP contribution is 2.09. The van der Waals surface area contributed by atoms with Gasteiger partial charge in [-0.25, -0.2) is 0 Å². The van der Waals surface area contributed by atoms with Crippen LogP contribution in [0.15, 0.2) is 22.9 Å². The SMILES string of the molecule is CSCC(C)NCc1cncc(Br)c1. The van der Waals surface area contributed by atoms with Gasteiger partial charge in [-0.2, -0.15) is 11.8 Å². The van der Waals surface area contributed by atoms with Gasteiger partial charge in [0.2, 0.25) is 0 Å². The molecule has 0 aliphatic carbocycles. The van der Waals surface area contributed by atoms with E-state index >= 15 is 0 Å². The third kappa shape index (κ3) is 4.44. The molecule has 2 nitrogen and oxygen atoms in total. The molecule has 1 unspecified atom stereocenters. The van der Waals surface area contributed by atoms with Crippen molar-refractivity contribution in [2.75, 3.05) is 12.0 Å². The summed E-state index contributed by atoms with van der Waals surface area (Å²) in [6.45, 7) is 3.08. The van der Waals surface area contributed by atoms with Crippen molar-refractivity contribution >= 4 is 27.7 Å². The second-order valence-corrected chi connectivity index (χ2v) is 5.08. The number of aromatic nitrogens is 1. The van der Waals surface area contributed by atoms with Crippen molar-refractivity contribution in [2.24, 2.45) is 0 Å². The van der Waals surface area contributed by atoms with Crippen molar-refractivity contribution in [1.29, 1.82) is 0 Å². The van der Waals surface area contributed by atoms with Gasteiger partial charge in [-0.1, -0.05) is 0 Å². The van der Waals surface area contributed by atoms with Crippen molar-refractivity contribution in [2.45, 2.75) is 19.5 Å². The molecule has 1 atom stereocenters. The molecule has 0 spiro atoms. The molecule has 0 saturated heterocycles. The fraction of sp³-hybridized carbons (Fsp3) is 0.500. The number of hydrogen-bond acceptors (Lipinski definition) is 3. The zero-order valence-corrected chi connectivity index (χ0v) is 10.9. The van der Waals surface area contributed by atoms with Crippen molar-refractivity contribution in [3.8, 4) is 0 Å². The molecular weight excluding hydrogens is 260 g/mol. The summed E-state index contributed by atoms with van der Waals surface area (Å²) in [6.07, 6.45) is 5.82. The maximum atomic E-state index is 4.12. The maximum absolute atomic E-state index is 4.12. The van der Waals surface area contributed by atoms with E-state index in [1.807, 2.05) is 18.0 Å². The fourth-order valence-corrected chi connectivity index (χ4v) is 2.18. The summed E-state index contributed by atoms with van der Waals surface area (Å²) >= 11 is 5.27. The van der Waals surface area contributed by atoms with E-state index in [0.717, 1.165) is 16.8 Å². The molecule has 78 valence electrons. The number of hydrogen-bond donors (Lipinski definition) is 1.